The number of halogens is 1. The second-order valence-corrected chi connectivity index (χ2v) is 4.75. The van der Waals surface area contributed by atoms with E-state index in [1.54, 1.807) is 12.1 Å². The fourth-order valence-corrected chi connectivity index (χ4v) is 2.34. The van der Waals surface area contributed by atoms with Crippen LogP contribution in [0, 0.1) is 12.7 Å². The minimum absolute atomic E-state index is 0.246. The molecule has 0 radical (unpaired) electrons. The second-order valence-electron chi connectivity index (χ2n) is 4.75. The average molecular weight is 246 g/mol. The Labute approximate surface area is 105 Å². The first-order valence-electron chi connectivity index (χ1n) is 6.20. The van der Waals surface area contributed by atoms with Gasteiger partial charge in [-0.25, -0.2) is 4.39 Å². The lowest BCUT2D eigenvalue weighted by Crippen LogP contribution is -2.12. The monoisotopic (exact) mass is 246 g/mol. The van der Waals surface area contributed by atoms with Crippen LogP contribution in [0.2, 0.25) is 0 Å². The maximum absolute atomic E-state index is 13.7. The molecule has 1 aromatic carbocycles. The van der Waals surface area contributed by atoms with Crippen LogP contribution in [0.4, 0.5) is 4.39 Å². The molecule has 0 amide bonds. The molecular formula is C14H15FN2O. The van der Waals surface area contributed by atoms with E-state index >= 15 is 0 Å². The zero-order valence-electron chi connectivity index (χ0n) is 10.2. The van der Waals surface area contributed by atoms with Gasteiger partial charge in [-0.1, -0.05) is 16.8 Å². The Kier molecular flexibility index (Phi) is 2.88. The molecule has 0 saturated carbocycles. The van der Waals surface area contributed by atoms with Gasteiger partial charge < -0.3 is 9.84 Å². The van der Waals surface area contributed by atoms with Crippen LogP contribution in [0.15, 0.2) is 28.8 Å². The summed E-state index contributed by atoms with van der Waals surface area (Å²) in [5, 5.41) is 7.39. The standard InChI is InChI=1S/C14H15FN2O/c1-9-4-5-11(15)10(7-9)14-8-13(17-18-14)12-3-2-6-16-12/h4-5,7-8,12,16H,2-3,6H2,1H3. The largest absolute Gasteiger partial charge is 0.356 e. The number of hydrogen-bond acceptors (Lipinski definition) is 3. The summed E-state index contributed by atoms with van der Waals surface area (Å²) in [5.41, 5.74) is 2.35. The van der Waals surface area contributed by atoms with Crippen molar-refractivity contribution in [2.75, 3.05) is 6.54 Å². The average Bonchev–Trinajstić information content (AvgIpc) is 3.00. The van der Waals surface area contributed by atoms with Gasteiger partial charge in [0.2, 0.25) is 0 Å². The van der Waals surface area contributed by atoms with E-state index in [1.165, 1.54) is 6.07 Å². The predicted octanol–water partition coefficient (Wildman–Crippen LogP) is 3.21. The molecule has 1 aliphatic heterocycles. The topological polar surface area (TPSA) is 38.1 Å². The molecule has 2 heterocycles. The first-order valence-corrected chi connectivity index (χ1v) is 6.20. The molecular weight excluding hydrogens is 231 g/mol. The highest BCUT2D eigenvalue weighted by atomic mass is 19.1. The molecule has 3 rings (SSSR count). The maximum atomic E-state index is 13.7. The molecule has 1 unspecified atom stereocenters. The molecule has 1 N–H and O–H groups in total. The molecule has 0 spiro atoms. The summed E-state index contributed by atoms with van der Waals surface area (Å²) in [7, 11) is 0. The summed E-state index contributed by atoms with van der Waals surface area (Å²) in [6.45, 7) is 2.93. The molecule has 0 bridgehead atoms. The van der Waals surface area contributed by atoms with Crippen LogP contribution in [0.25, 0.3) is 11.3 Å². The smallest absolute Gasteiger partial charge is 0.170 e. The first-order chi connectivity index (χ1) is 8.74. The summed E-state index contributed by atoms with van der Waals surface area (Å²) < 4.78 is 19.0. The van der Waals surface area contributed by atoms with Crippen molar-refractivity contribution >= 4 is 0 Å². The number of nitrogens with one attached hydrogen (secondary N) is 1. The lowest BCUT2D eigenvalue weighted by molar-refractivity contribution is 0.410. The van der Waals surface area contributed by atoms with Crippen molar-refractivity contribution in [1.29, 1.82) is 0 Å². The van der Waals surface area contributed by atoms with E-state index in [2.05, 4.69) is 10.5 Å². The zero-order valence-corrected chi connectivity index (χ0v) is 10.2. The second kappa shape index (κ2) is 4.53. The summed E-state index contributed by atoms with van der Waals surface area (Å²) in [5.74, 6) is 0.225. The number of aryl methyl sites for hydroxylation is 1. The van der Waals surface area contributed by atoms with Crippen molar-refractivity contribution in [1.82, 2.24) is 10.5 Å². The molecule has 0 aliphatic carbocycles. The van der Waals surface area contributed by atoms with E-state index in [4.69, 9.17) is 4.52 Å². The van der Waals surface area contributed by atoms with Gasteiger partial charge in [-0.3, -0.25) is 0 Å². The van der Waals surface area contributed by atoms with Crippen molar-refractivity contribution in [3.63, 3.8) is 0 Å². The maximum Gasteiger partial charge on any atom is 0.170 e. The summed E-state index contributed by atoms with van der Waals surface area (Å²) in [6, 6.07) is 7.06. The molecule has 18 heavy (non-hydrogen) atoms. The first kappa shape index (κ1) is 11.4. The number of benzene rings is 1. The Morgan fingerprint density at radius 3 is 3.06 bits per heavy atom. The van der Waals surface area contributed by atoms with Crippen LogP contribution >= 0.6 is 0 Å². The lowest BCUT2D eigenvalue weighted by atomic mass is 10.1. The predicted molar refractivity (Wildman–Crippen MR) is 66.6 cm³/mol. The van der Waals surface area contributed by atoms with E-state index < -0.39 is 0 Å². The zero-order chi connectivity index (χ0) is 12.5. The number of nitrogens with zero attached hydrogens (tertiary/aromatic N) is 1. The Bertz CT molecular complexity index is 559. The van der Waals surface area contributed by atoms with Gasteiger partial charge in [0.1, 0.15) is 11.5 Å². The van der Waals surface area contributed by atoms with Crippen LogP contribution in [0.5, 0.6) is 0 Å². The van der Waals surface area contributed by atoms with Crippen molar-refractivity contribution in [2.24, 2.45) is 0 Å². The third-order valence-electron chi connectivity index (χ3n) is 3.33. The molecule has 1 aliphatic rings. The molecule has 3 nitrogen and oxygen atoms in total. The Hall–Kier alpha value is -1.68. The molecule has 94 valence electrons. The van der Waals surface area contributed by atoms with Crippen LogP contribution in [-0.4, -0.2) is 11.7 Å². The van der Waals surface area contributed by atoms with Crippen LogP contribution in [0.1, 0.15) is 30.1 Å². The van der Waals surface area contributed by atoms with Gasteiger partial charge in [0.05, 0.1) is 11.6 Å². The number of hydrogen-bond donors (Lipinski definition) is 1. The quantitative estimate of drug-likeness (QED) is 0.884. The fraction of sp³-hybridized carbons (Fsp3) is 0.357. The van der Waals surface area contributed by atoms with E-state index in [0.29, 0.717) is 11.3 Å². The number of aromatic nitrogens is 1. The molecule has 4 heteroatoms. The van der Waals surface area contributed by atoms with Crippen molar-refractivity contribution in [3.05, 3.63) is 41.3 Å². The SMILES string of the molecule is Cc1ccc(F)c(-c2cc(C3CCCN3)no2)c1. The number of rotatable bonds is 2. The Morgan fingerprint density at radius 1 is 1.39 bits per heavy atom. The third kappa shape index (κ3) is 2.04. The summed E-state index contributed by atoms with van der Waals surface area (Å²) >= 11 is 0. The Balaban J connectivity index is 1.94. The van der Waals surface area contributed by atoms with Crippen LogP contribution in [0.3, 0.4) is 0 Å². The fourth-order valence-electron chi connectivity index (χ4n) is 2.34. The van der Waals surface area contributed by atoms with Gasteiger partial charge in [0.25, 0.3) is 0 Å². The minimum atomic E-state index is -0.275. The van der Waals surface area contributed by atoms with Gasteiger partial charge >= 0.3 is 0 Å². The van der Waals surface area contributed by atoms with Crippen LogP contribution in [-0.2, 0) is 0 Å². The summed E-state index contributed by atoms with van der Waals surface area (Å²) in [4.78, 5) is 0. The molecule has 2 aromatic rings. The van der Waals surface area contributed by atoms with Gasteiger partial charge in [-0.2, -0.15) is 0 Å². The van der Waals surface area contributed by atoms with E-state index in [1.807, 2.05) is 13.0 Å². The van der Waals surface area contributed by atoms with Gasteiger partial charge in [-0.05, 0) is 38.4 Å². The highest BCUT2D eigenvalue weighted by molar-refractivity contribution is 5.59. The van der Waals surface area contributed by atoms with Gasteiger partial charge in [0.15, 0.2) is 5.76 Å². The normalized spacial score (nSPS) is 19.3. The third-order valence-corrected chi connectivity index (χ3v) is 3.33. The molecule has 1 saturated heterocycles. The van der Waals surface area contributed by atoms with E-state index in [9.17, 15) is 4.39 Å². The van der Waals surface area contributed by atoms with Crippen molar-refractivity contribution < 1.29 is 8.91 Å². The highest BCUT2D eigenvalue weighted by Crippen LogP contribution is 2.29. The highest BCUT2D eigenvalue weighted by Gasteiger charge is 2.21. The molecule has 1 atom stereocenters. The van der Waals surface area contributed by atoms with Crippen LogP contribution < -0.4 is 5.32 Å². The summed E-state index contributed by atoms with van der Waals surface area (Å²) in [6.07, 6.45) is 2.20. The van der Waals surface area contributed by atoms with E-state index in [-0.39, 0.29) is 11.9 Å². The van der Waals surface area contributed by atoms with Crippen molar-refractivity contribution in [3.8, 4) is 11.3 Å². The minimum Gasteiger partial charge on any atom is -0.356 e. The van der Waals surface area contributed by atoms with Crippen molar-refractivity contribution in [2.45, 2.75) is 25.8 Å². The lowest BCUT2D eigenvalue weighted by Gasteiger charge is -2.03. The van der Waals surface area contributed by atoms with Gasteiger partial charge in [-0.15, -0.1) is 0 Å². The van der Waals surface area contributed by atoms with E-state index in [0.717, 1.165) is 30.6 Å². The molecule has 1 aromatic heterocycles. The Morgan fingerprint density at radius 2 is 2.28 bits per heavy atom. The van der Waals surface area contributed by atoms with Gasteiger partial charge in [0, 0.05) is 6.07 Å². The molecule has 1 fully saturated rings.